The first kappa shape index (κ1) is 18.1. The van der Waals surface area contributed by atoms with Crippen LogP contribution in [0.15, 0.2) is 23.5 Å². The third-order valence-electron chi connectivity index (χ3n) is 4.07. The number of rotatable bonds is 8. The normalized spacial score (nSPS) is 17.9. The second kappa shape index (κ2) is 9.82. The molecule has 2 heterocycles. The minimum Gasteiger partial charge on any atom is -0.381 e. The van der Waals surface area contributed by atoms with Crippen LogP contribution in [0.1, 0.15) is 26.2 Å². The summed E-state index contributed by atoms with van der Waals surface area (Å²) in [5, 5.41) is 11.1. The van der Waals surface area contributed by atoms with E-state index in [1.807, 2.05) is 42.0 Å². The molecule has 1 saturated heterocycles. The molecule has 0 saturated carbocycles. The molecule has 1 aromatic heterocycles. The van der Waals surface area contributed by atoms with Crippen LogP contribution in [0.2, 0.25) is 0 Å². The van der Waals surface area contributed by atoms with Crippen LogP contribution in [0.25, 0.3) is 0 Å². The van der Waals surface area contributed by atoms with Crippen LogP contribution in [0.4, 0.5) is 0 Å². The number of aromatic nitrogens is 2. The quantitative estimate of drug-likeness (QED) is 0.429. The molecule has 7 heteroatoms. The summed E-state index contributed by atoms with van der Waals surface area (Å²) in [7, 11) is 1.83. The van der Waals surface area contributed by atoms with Crippen LogP contribution < -0.4 is 10.6 Å². The summed E-state index contributed by atoms with van der Waals surface area (Å²) in [6.45, 7) is 6.70. The average Bonchev–Trinajstić information content (AvgIpc) is 3.09. The number of ether oxygens (including phenoxy) is 1. The number of guanidine groups is 1. The molecule has 1 aromatic rings. The van der Waals surface area contributed by atoms with E-state index >= 15 is 0 Å². The van der Waals surface area contributed by atoms with Gasteiger partial charge in [-0.25, -0.2) is 0 Å². The second-order valence-electron chi connectivity index (χ2n) is 5.70. The Kier molecular flexibility index (Phi) is 7.74. The predicted octanol–water partition coefficient (Wildman–Crippen LogP) is 1.74. The Hall–Kier alpha value is -1.21. The molecule has 1 fully saturated rings. The number of hydrogen-bond donors (Lipinski definition) is 2. The van der Waals surface area contributed by atoms with E-state index < -0.39 is 0 Å². The largest absolute Gasteiger partial charge is 0.381 e. The van der Waals surface area contributed by atoms with E-state index in [1.54, 1.807) is 0 Å². The van der Waals surface area contributed by atoms with E-state index in [0.29, 0.717) is 0 Å². The standard InChI is InChI=1S/C16H29N5OS/c1-3-23-16(6-12-22-13-7-16)14-19-15(17-2)18-8-4-10-21-11-5-9-20-21/h5,9,11H,3-4,6-8,10,12-14H2,1-2H3,(H2,17,18,19). The Labute approximate surface area is 143 Å². The van der Waals surface area contributed by atoms with Crippen molar-refractivity contribution in [2.75, 3.05) is 39.1 Å². The molecule has 0 unspecified atom stereocenters. The van der Waals surface area contributed by atoms with Crippen LogP contribution in [0.5, 0.6) is 0 Å². The van der Waals surface area contributed by atoms with Gasteiger partial charge in [-0.15, -0.1) is 0 Å². The number of hydrogen-bond acceptors (Lipinski definition) is 4. The van der Waals surface area contributed by atoms with E-state index in [4.69, 9.17) is 4.74 Å². The van der Waals surface area contributed by atoms with E-state index in [9.17, 15) is 0 Å². The van der Waals surface area contributed by atoms with Crippen LogP contribution in [-0.2, 0) is 11.3 Å². The molecule has 1 aliphatic rings. The van der Waals surface area contributed by atoms with Gasteiger partial charge in [-0.05, 0) is 31.1 Å². The average molecular weight is 340 g/mol. The lowest BCUT2D eigenvalue weighted by atomic mass is 9.99. The van der Waals surface area contributed by atoms with Crippen LogP contribution in [0, 0.1) is 0 Å². The zero-order valence-electron chi connectivity index (χ0n) is 14.3. The van der Waals surface area contributed by atoms with Gasteiger partial charge in [0.2, 0.25) is 0 Å². The molecule has 0 aromatic carbocycles. The van der Waals surface area contributed by atoms with Crippen molar-refractivity contribution in [1.82, 2.24) is 20.4 Å². The smallest absolute Gasteiger partial charge is 0.191 e. The van der Waals surface area contributed by atoms with Crippen molar-refractivity contribution in [3.05, 3.63) is 18.5 Å². The Bertz CT molecular complexity index is 452. The fourth-order valence-electron chi connectivity index (χ4n) is 2.77. The van der Waals surface area contributed by atoms with Crippen molar-refractivity contribution in [1.29, 1.82) is 0 Å². The van der Waals surface area contributed by atoms with Gasteiger partial charge < -0.3 is 15.4 Å². The van der Waals surface area contributed by atoms with Crippen molar-refractivity contribution < 1.29 is 4.74 Å². The first-order chi connectivity index (χ1) is 11.3. The summed E-state index contributed by atoms with van der Waals surface area (Å²) < 4.78 is 7.75. The minimum absolute atomic E-state index is 0.277. The van der Waals surface area contributed by atoms with E-state index in [-0.39, 0.29) is 4.75 Å². The highest BCUT2D eigenvalue weighted by molar-refractivity contribution is 8.00. The molecule has 2 rings (SSSR count). The maximum atomic E-state index is 5.52. The lowest BCUT2D eigenvalue weighted by molar-refractivity contribution is 0.0782. The Morgan fingerprint density at radius 3 is 2.87 bits per heavy atom. The molecule has 0 radical (unpaired) electrons. The third kappa shape index (κ3) is 6.06. The van der Waals surface area contributed by atoms with E-state index in [2.05, 4.69) is 27.6 Å². The fourth-order valence-corrected chi connectivity index (χ4v) is 4.01. The van der Waals surface area contributed by atoms with Crippen LogP contribution in [0.3, 0.4) is 0 Å². The highest BCUT2D eigenvalue weighted by Gasteiger charge is 2.32. The van der Waals surface area contributed by atoms with Gasteiger partial charge in [-0.1, -0.05) is 6.92 Å². The van der Waals surface area contributed by atoms with Gasteiger partial charge in [0.25, 0.3) is 0 Å². The first-order valence-electron chi connectivity index (χ1n) is 8.42. The summed E-state index contributed by atoms with van der Waals surface area (Å²) in [4.78, 5) is 4.33. The maximum absolute atomic E-state index is 5.52. The SMILES string of the molecule is CCSC1(CNC(=NC)NCCCn2cccn2)CCOCC1. The number of aliphatic imine (C=N–C) groups is 1. The minimum atomic E-state index is 0.277. The van der Waals surface area contributed by atoms with Crippen LogP contribution >= 0.6 is 11.8 Å². The molecule has 6 nitrogen and oxygen atoms in total. The number of nitrogens with zero attached hydrogens (tertiary/aromatic N) is 3. The molecule has 0 spiro atoms. The summed E-state index contributed by atoms with van der Waals surface area (Å²) in [5.41, 5.74) is 0. The summed E-state index contributed by atoms with van der Waals surface area (Å²) in [6, 6.07) is 1.95. The highest BCUT2D eigenvalue weighted by atomic mass is 32.2. The van der Waals surface area contributed by atoms with Crippen molar-refractivity contribution >= 4 is 17.7 Å². The number of aryl methyl sites for hydroxylation is 1. The van der Waals surface area contributed by atoms with Gasteiger partial charge in [-0.2, -0.15) is 16.9 Å². The summed E-state index contributed by atoms with van der Waals surface area (Å²) >= 11 is 2.04. The van der Waals surface area contributed by atoms with Gasteiger partial charge >= 0.3 is 0 Å². The highest BCUT2D eigenvalue weighted by Crippen LogP contribution is 2.34. The molecule has 2 N–H and O–H groups in total. The molecular weight excluding hydrogens is 310 g/mol. The van der Waals surface area contributed by atoms with Crippen molar-refractivity contribution in [3.63, 3.8) is 0 Å². The summed E-state index contributed by atoms with van der Waals surface area (Å²) in [6.07, 6.45) is 7.03. The summed E-state index contributed by atoms with van der Waals surface area (Å²) in [5.74, 6) is 2.02. The zero-order chi connectivity index (χ0) is 16.4. The van der Waals surface area contributed by atoms with E-state index in [1.165, 1.54) is 0 Å². The van der Waals surface area contributed by atoms with E-state index in [0.717, 1.165) is 63.8 Å². The molecule has 0 bridgehead atoms. The second-order valence-corrected chi connectivity index (χ2v) is 7.44. The van der Waals surface area contributed by atoms with Gasteiger partial charge in [0.15, 0.2) is 5.96 Å². The monoisotopic (exact) mass is 339 g/mol. The Morgan fingerprint density at radius 2 is 2.22 bits per heavy atom. The Balaban J connectivity index is 1.70. The third-order valence-corrected chi connectivity index (χ3v) is 5.53. The van der Waals surface area contributed by atoms with Gasteiger partial charge in [0.1, 0.15) is 0 Å². The molecular formula is C16H29N5OS. The molecule has 23 heavy (non-hydrogen) atoms. The molecule has 0 aliphatic carbocycles. The lowest BCUT2D eigenvalue weighted by Gasteiger charge is -2.37. The number of nitrogens with one attached hydrogen (secondary N) is 2. The maximum Gasteiger partial charge on any atom is 0.191 e. The van der Waals surface area contributed by atoms with Gasteiger partial charge in [-0.3, -0.25) is 9.67 Å². The zero-order valence-corrected chi connectivity index (χ0v) is 15.1. The predicted molar refractivity (Wildman–Crippen MR) is 97.1 cm³/mol. The molecule has 0 amide bonds. The first-order valence-corrected chi connectivity index (χ1v) is 9.40. The number of thioether (sulfide) groups is 1. The Morgan fingerprint density at radius 1 is 1.39 bits per heavy atom. The molecule has 1 aliphatic heterocycles. The van der Waals surface area contributed by atoms with Crippen molar-refractivity contribution in [2.24, 2.45) is 4.99 Å². The lowest BCUT2D eigenvalue weighted by Crippen LogP contribution is -2.48. The molecule has 0 atom stereocenters. The van der Waals surface area contributed by atoms with Crippen molar-refractivity contribution in [2.45, 2.75) is 37.5 Å². The van der Waals surface area contributed by atoms with Crippen LogP contribution in [-0.4, -0.2) is 59.6 Å². The van der Waals surface area contributed by atoms with Gasteiger partial charge in [0.05, 0.1) is 0 Å². The van der Waals surface area contributed by atoms with Gasteiger partial charge in [0, 0.05) is 57.0 Å². The molecule has 130 valence electrons. The fraction of sp³-hybridized carbons (Fsp3) is 0.750. The topological polar surface area (TPSA) is 63.5 Å². The van der Waals surface area contributed by atoms with Crippen molar-refractivity contribution in [3.8, 4) is 0 Å².